The highest BCUT2D eigenvalue weighted by molar-refractivity contribution is 8.00. The summed E-state index contributed by atoms with van der Waals surface area (Å²) in [5, 5.41) is 3.39. The highest BCUT2D eigenvalue weighted by atomic mass is 32.2. The molecule has 0 amide bonds. The molecule has 0 aliphatic carbocycles. The van der Waals surface area contributed by atoms with Crippen LogP contribution in [0.25, 0.3) is 0 Å². The minimum absolute atomic E-state index is 0.0449. The molecule has 0 bridgehead atoms. The lowest BCUT2D eigenvalue weighted by Gasteiger charge is -2.39. The lowest BCUT2D eigenvalue weighted by atomic mass is 10.1. The Bertz CT molecular complexity index is 494. The molecule has 2 rings (SSSR count). The molecule has 1 aromatic rings. The van der Waals surface area contributed by atoms with Gasteiger partial charge in [-0.1, -0.05) is 6.07 Å². The molecule has 0 aromatic heterocycles. The van der Waals surface area contributed by atoms with Crippen LogP contribution in [-0.2, 0) is 6.54 Å². The van der Waals surface area contributed by atoms with Crippen molar-refractivity contribution in [1.29, 1.82) is 0 Å². The van der Waals surface area contributed by atoms with Gasteiger partial charge in [0.05, 0.1) is 5.69 Å². The lowest BCUT2D eigenvalue weighted by molar-refractivity contribution is 0.423. The molecule has 1 aromatic carbocycles. The molecule has 0 saturated carbocycles. The van der Waals surface area contributed by atoms with Crippen molar-refractivity contribution >= 4 is 17.4 Å². The van der Waals surface area contributed by atoms with Crippen LogP contribution in [0.3, 0.4) is 0 Å². The molecule has 1 heterocycles. The maximum absolute atomic E-state index is 14.4. The summed E-state index contributed by atoms with van der Waals surface area (Å²) in [6.45, 7) is 13.3. The van der Waals surface area contributed by atoms with Gasteiger partial charge in [0.15, 0.2) is 0 Å². The minimum atomic E-state index is -0.106. The third-order valence-corrected chi connectivity index (χ3v) is 4.90. The van der Waals surface area contributed by atoms with Crippen LogP contribution in [0.1, 0.15) is 40.2 Å². The summed E-state index contributed by atoms with van der Waals surface area (Å²) in [5.41, 5.74) is 1.78. The SMILES string of the molecule is CC(C)(C)NCc1ccc(N2CCSC(C)(C)C2)c(F)c1. The van der Waals surface area contributed by atoms with E-state index in [-0.39, 0.29) is 16.1 Å². The van der Waals surface area contributed by atoms with Gasteiger partial charge in [-0.05, 0) is 52.3 Å². The number of rotatable bonds is 3. The van der Waals surface area contributed by atoms with Gasteiger partial charge in [-0.3, -0.25) is 0 Å². The molecule has 21 heavy (non-hydrogen) atoms. The number of nitrogens with zero attached hydrogens (tertiary/aromatic N) is 1. The molecule has 2 nitrogen and oxygen atoms in total. The summed E-state index contributed by atoms with van der Waals surface area (Å²) in [5.74, 6) is 0.950. The Labute approximate surface area is 132 Å². The minimum Gasteiger partial charge on any atom is -0.367 e. The molecule has 1 N–H and O–H groups in total. The highest BCUT2D eigenvalue weighted by Gasteiger charge is 2.28. The third kappa shape index (κ3) is 4.89. The summed E-state index contributed by atoms with van der Waals surface area (Å²) in [6.07, 6.45) is 0. The fraction of sp³-hybridized carbons (Fsp3) is 0.647. The number of nitrogens with one attached hydrogen (secondary N) is 1. The van der Waals surface area contributed by atoms with Crippen molar-refractivity contribution in [2.75, 3.05) is 23.7 Å². The summed E-state index contributed by atoms with van der Waals surface area (Å²) < 4.78 is 14.6. The van der Waals surface area contributed by atoms with E-state index in [4.69, 9.17) is 0 Å². The lowest BCUT2D eigenvalue weighted by Crippen LogP contribution is -2.43. The molecular weight excluding hydrogens is 283 g/mol. The van der Waals surface area contributed by atoms with Crippen LogP contribution in [0.4, 0.5) is 10.1 Å². The Balaban J connectivity index is 2.09. The summed E-state index contributed by atoms with van der Waals surface area (Å²) in [7, 11) is 0. The van der Waals surface area contributed by atoms with Gasteiger partial charge >= 0.3 is 0 Å². The van der Waals surface area contributed by atoms with E-state index in [9.17, 15) is 4.39 Å². The van der Waals surface area contributed by atoms with E-state index < -0.39 is 0 Å². The zero-order chi connectivity index (χ0) is 15.7. The molecule has 0 radical (unpaired) electrons. The second-order valence-electron chi connectivity index (χ2n) is 7.42. The van der Waals surface area contributed by atoms with Crippen LogP contribution in [0.5, 0.6) is 0 Å². The van der Waals surface area contributed by atoms with Crippen LogP contribution < -0.4 is 10.2 Å². The first-order valence-corrected chi connectivity index (χ1v) is 8.57. The van der Waals surface area contributed by atoms with E-state index in [1.54, 1.807) is 6.07 Å². The molecule has 118 valence electrons. The van der Waals surface area contributed by atoms with Crippen LogP contribution in [0.15, 0.2) is 18.2 Å². The van der Waals surface area contributed by atoms with Gasteiger partial charge in [0, 0.05) is 35.7 Å². The first-order valence-electron chi connectivity index (χ1n) is 7.59. The normalized spacial score (nSPS) is 18.9. The Morgan fingerprint density at radius 3 is 2.62 bits per heavy atom. The third-order valence-electron chi connectivity index (χ3n) is 3.60. The van der Waals surface area contributed by atoms with Crippen molar-refractivity contribution in [3.63, 3.8) is 0 Å². The number of hydrogen-bond acceptors (Lipinski definition) is 3. The average molecular weight is 310 g/mol. The fourth-order valence-electron chi connectivity index (χ4n) is 2.51. The smallest absolute Gasteiger partial charge is 0.146 e. The molecule has 1 saturated heterocycles. The van der Waals surface area contributed by atoms with Crippen molar-refractivity contribution in [1.82, 2.24) is 5.32 Å². The van der Waals surface area contributed by atoms with Crippen molar-refractivity contribution in [3.8, 4) is 0 Å². The van der Waals surface area contributed by atoms with Gasteiger partial charge in [-0.15, -0.1) is 0 Å². The topological polar surface area (TPSA) is 15.3 Å². The average Bonchev–Trinajstić information content (AvgIpc) is 2.34. The number of halogens is 1. The van der Waals surface area contributed by atoms with Crippen LogP contribution in [0, 0.1) is 5.82 Å². The largest absolute Gasteiger partial charge is 0.367 e. The van der Waals surface area contributed by atoms with E-state index in [1.807, 2.05) is 23.9 Å². The Kier molecular flexibility index (Phi) is 4.89. The number of benzene rings is 1. The van der Waals surface area contributed by atoms with E-state index in [2.05, 4.69) is 44.8 Å². The van der Waals surface area contributed by atoms with Crippen LogP contribution >= 0.6 is 11.8 Å². The zero-order valence-corrected chi connectivity index (χ0v) is 14.6. The molecule has 0 atom stereocenters. The number of anilines is 1. The predicted molar refractivity (Wildman–Crippen MR) is 91.7 cm³/mol. The molecular formula is C17H27FN2S. The highest BCUT2D eigenvalue weighted by Crippen LogP contribution is 2.33. The summed E-state index contributed by atoms with van der Waals surface area (Å²) in [6, 6.07) is 5.63. The van der Waals surface area contributed by atoms with Gasteiger partial charge in [-0.2, -0.15) is 11.8 Å². The van der Waals surface area contributed by atoms with Gasteiger partial charge in [0.25, 0.3) is 0 Å². The standard InChI is InChI=1S/C17H27FN2S/c1-16(2,3)19-11-13-6-7-15(14(18)10-13)20-8-9-21-17(4,5)12-20/h6-7,10,19H,8-9,11-12H2,1-5H3. The predicted octanol–water partition coefficient (Wildman–Crippen LogP) is 4.05. The van der Waals surface area contributed by atoms with E-state index in [1.165, 1.54) is 0 Å². The van der Waals surface area contributed by atoms with Crippen LogP contribution in [0.2, 0.25) is 0 Å². The summed E-state index contributed by atoms with van der Waals surface area (Å²) in [4.78, 5) is 2.17. The molecule has 4 heteroatoms. The zero-order valence-electron chi connectivity index (χ0n) is 13.8. The Hall–Kier alpha value is -0.740. The van der Waals surface area contributed by atoms with Gasteiger partial charge in [0.1, 0.15) is 5.82 Å². The second kappa shape index (κ2) is 6.17. The van der Waals surface area contributed by atoms with Gasteiger partial charge in [0.2, 0.25) is 0 Å². The maximum Gasteiger partial charge on any atom is 0.146 e. The Morgan fingerprint density at radius 1 is 1.33 bits per heavy atom. The summed E-state index contributed by atoms with van der Waals surface area (Å²) >= 11 is 1.96. The van der Waals surface area contributed by atoms with E-state index in [0.29, 0.717) is 6.54 Å². The fourth-order valence-corrected chi connectivity index (χ4v) is 3.62. The van der Waals surface area contributed by atoms with Crippen molar-refractivity contribution in [2.45, 2.75) is 51.4 Å². The quantitative estimate of drug-likeness (QED) is 0.907. The van der Waals surface area contributed by atoms with E-state index >= 15 is 0 Å². The maximum atomic E-state index is 14.4. The molecule has 0 unspecified atom stereocenters. The number of hydrogen-bond donors (Lipinski definition) is 1. The molecule has 1 aliphatic heterocycles. The second-order valence-corrected chi connectivity index (χ2v) is 9.22. The first-order chi connectivity index (χ1) is 9.66. The molecule has 1 aliphatic rings. The number of thioether (sulfide) groups is 1. The Morgan fingerprint density at radius 2 is 2.05 bits per heavy atom. The van der Waals surface area contributed by atoms with Crippen molar-refractivity contribution in [2.24, 2.45) is 0 Å². The first kappa shape index (κ1) is 16.6. The van der Waals surface area contributed by atoms with Gasteiger partial charge in [-0.25, -0.2) is 4.39 Å². The molecule has 1 fully saturated rings. The van der Waals surface area contributed by atoms with Gasteiger partial charge < -0.3 is 10.2 Å². The van der Waals surface area contributed by atoms with Crippen molar-refractivity contribution in [3.05, 3.63) is 29.6 Å². The van der Waals surface area contributed by atoms with Crippen LogP contribution in [-0.4, -0.2) is 29.1 Å². The van der Waals surface area contributed by atoms with E-state index in [0.717, 1.165) is 30.1 Å². The van der Waals surface area contributed by atoms with Crippen molar-refractivity contribution < 1.29 is 4.39 Å². The monoisotopic (exact) mass is 310 g/mol. The molecule has 0 spiro atoms.